The molecule has 1 atom stereocenters. The first-order valence-corrected chi connectivity index (χ1v) is 6.17. The van der Waals surface area contributed by atoms with Crippen LogP contribution in [0.4, 0.5) is 4.79 Å². The molecule has 0 saturated heterocycles. The van der Waals surface area contributed by atoms with E-state index in [0.29, 0.717) is 13.2 Å². The second-order valence-electron chi connectivity index (χ2n) is 4.25. The Morgan fingerprint density at radius 1 is 1.53 bits per heavy atom. The van der Waals surface area contributed by atoms with Gasteiger partial charge in [0.2, 0.25) is 5.91 Å². The third-order valence-electron chi connectivity index (χ3n) is 2.39. The second kappa shape index (κ2) is 7.40. The molecule has 0 unspecified atom stereocenters. The van der Waals surface area contributed by atoms with E-state index in [-0.39, 0.29) is 18.5 Å². The molecule has 19 heavy (non-hydrogen) atoms. The third kappa shape index (κ3) is 5.41. The molecular formula is C12H20N4O3. The van der Waals surface area contributed by atoms with Crippen LogP contribution in [0.5, 0.6) is 0 Å². The van der Waals surface area contributed by atoms with E-state index in [2.05, 4.69) is 10.4 Å². The van der Waals surface area contributed by atoms with Crippen LogP contribution in [0, 0.1) is 0 Å². The number of hydrogen-bond donors (Lipinski definition) is 1. The summed E-state index contributed by atoms with van der Waals surface area (Å²) >= 11 is 0. The van der Waals surface area contributed by atoms with Crippen LogP contribution in [-0.4, -0.2) is 52.9 Å². The molecule has 0 aliphatic carbocycles. The minimum Gasteiger partial charge on any atom is -0.450 e. The zero-order valence-corrected chi connectivity index (χ0v) is 11.5. The predicted octanol–water partition coefficient (Wildman–Crippen LogP) is 0.476. The summed E-state index contributed by atoms with van der Waals surface area (Å²) in [6, 6.07) is 1.76. The summed E-state index contributed by atoms with van der Waals surface area (Å²) < 4.78 is 6.52. The second-order valence-corrected chi connectivity index (χ2v) is 4.25. The van der Waals surface area contributed by atoms with Crippen molar-refractivity contribution in [3.05, 3.63) is 18.5 Å². The van der Waals surface area contributed by atoms with Crippen molar-refractivity contribution in [1.82, 2.24) is 20.0 Å². The lowest BCUT2D eigenvalue weighted by Crippen LogP contribution is -2.43. The highest BCUT2D eigenvalue weighted by atomic mass is 16.6. The summed E-state index contributed by atoms with van der Waals surface area (Å²) in [6.07, 6.45) is 3.01. The van der Waals surface area contributed by atoms with E-state index < -0.39 is 6.09 Å². The monoisotopic (exact) mass is 268 g/mol. The number of nitrogens with zero attached hydrogens (tertiary/aromatic N) is 3. The normalized spacial score (nSPS) is 11.7. The van der Waals surface area contributed by atoms with Crippen molar-refractivity contribution in [3.8, 4) is 0 Å². The van der Waals surface area contributed by atoms with E-state index >= 15 is 0 Å². The summed E-state index contributed by atoms with van der Waals surface area (Å²) in [5.74, 6) is -0.227. The first-order valence-electron chi connectivity index (χ1n) is 6.17. The molecule has 0 spiro atoms. The van der Waals surface area contributed by atoms with Gasteiger partial charge in [0, 0.05) is 25.5 Å². The van der Waals surface area contributed by atoms with E-state index in [9.17, 15) is 9.59 Å². The van der Waals surface area contributed by atoms with Gasteiger partial charge in [-0.25, -0.2) is 4.79 Å². The van der Waals surface area contributed by atoms with Gasteiger partial charge in [-0.2, -0.15) is 5.10 Å². The number of likely N-dealkylation sites (N-methyl/N-ethyl adjacent to an activating group) is 1. The average molecular weight is 268 g/mol. The zero-order chi connectivity index (χ0) is 14.3. The molecule has 2 amide bonds. The summed E-state index contributed by atoms with van der Waals surface area (Å²) in [7, 11) is 1.52. The summed E-state index contributed by atoms with van der Waals surface area (Å²) in [6.45, 7) is 4.45. The Kier molecular flexibility index (Phi) is 5.84. The number of amides is 2. The van der Waals surface area contributed by atoms with Crippen molar-refractivity contribution in [2.45, 2.75) is 26.4 Å². The molecule has 1 rings (SSSR count). The predicted molar refractivity (Wildman–Crippen MR) is 69.5 cm³/mol. The van der Waals surface area contributed by atoms with Gasteiger partial charge in [-0.05, 0) is 19.9 Å². The summed E-state index contributed by atoms with van der Waals surface area (Å²) in [5, 5.41) is 6.85. The number of hydrogen-bond acceptors (Lipinski definition) is 4. The summed E-state index contributed by atoms with van der Waals surface area (Å²) in [4.78, 5) is 24.3. The molecule has 0 saturated carbocycles. The molecule has 0 aliphatic heterocycles. The minimum atomic E-state index is -0.502. The highest BCUT2D eigenvalue weighted by Gasteiger charge is 2.15. The molecule has 1 aromatic rings. The first kappa shape index (κ1) is 15.0. The van der Waals surface area contributed by atoms with Gasteiger partial charge >= 0.3 is 6.09 Å². The highest BCUT2D eigenvalue weighted by molar-refractivity contribution is 5.82. The molecule has 7 nitrogen and oxygen atoms in total. The maximum Gasteiger partial charge on any atom is 0.409 e. The Morgan fingerprint density at radius 2 is 2.26 bits per heavy atom. The SMILES string of the molecule is CCOC(=O)N(C)CC(=O)N[C@@H](C)Cn1cccn1. The Morgan fingerprint density at radius 3 is 2.84 bits per heavy atom. The zero-order valence-electron chi connectivity index (χ0n) is 11.5. The van der Waals surface area contributed by atoms with E-state index in [4.69, 9.17) is 4.74 Å². The molecule has 1 aromatic heterocycles. The quantitative estimate of drug-likeness (QED) is 0.814. The average Bonchev–Trinajstić information content (AvgIpc) is 2.81. The van der Waals surface area contributed by atoms with Crippen LogP contribution >= 0.6 is 0 Å². The number of aromatic nitrogens is 2. The van der Waals surface area contributed by atoms with Crippen molar-refractivity contribution in [3.63, 3.8) is 0 Å². The van der Waals surface area contributed by atoms with Gasteiger partial charge in [0.05, 0.1) is 13.2 Å². The van der Waals surface area contributed by atoms with Gasteiger partial charge in [-0.15, -0.1) is 0 Å². The topological polar surface area (TPSA) is 76.5 Å². The van der Waals surface area contributed by atoms with Gasteiger partial charge in [-0.3, -0.25) is 9.48 Å². The Balaban J connectivity index is 2.32. The van der Waals surface area contributed by atoms with Crippen molar-refractivity contribution < 1.29 is 14.3 Å². The van der Waals surface area contributed by atoms with Crippen LogP contribution in [0.15, 0.2) is 18.5 Å². The molecule has 0 radical (unpaired) electrons. The molecule has 0 fully saturated rings. The van der Waals surface area contributed by atoms with Gasteiger partial charge < -0.3 is 15.0 Å². The maximum atomic E-state index is 11.7. The van der Waals surface area contributed by atoms with Crippen LogP contribution in [0.2, 0.25) is 0 Å². The van der Waals surface area contributed by atoms with Crippen molar-refractivity contribution >= 4 is 12.0 Å². The molecule has 106 valence electrons. The Bertz CT molecular complexity index is 405. The van der Waals surface area contributed by atoms with E-state index in [1.165, 1.54) is 11.9 Å². The van der Waals surface area contributed by atoms with Crippen molar-refractivity contribution in [1.29, 1.82) is 0 Å². The number of carbonyl (C=O) groups is 2. The molecule has 7 heteroatoms. The lowest BCUT2D eigenvalue weighted by molar-refractivity contribution is -0.122. The fourth-order valence-electron chi connectivity index (χ4n) is 1.57. The highest BCUT2D eigenvalue weighted by Crippen LogP contribution is 1.93. The van der Waals surface area contributed by atoms with E-state index in [0.717, 1.165) is 0 Å². The lowest BCUT2D eigenvalue weighted by Gasteiger charge is -2.18. The van der Waals surface area contributed by atoms with Gasteiger partial charge in [-0.1, -0.05) is 0 Å². The maximum absolute atomic E-state index is 11.7. The molecule has 1 N–H and O–H groups in total. The fourth-order valence-corrected chi connectivity index (χ4v) is 1.57. The van der Waals surface area contributed by atoms with Gasteiger partial charge in [0.15, 0.2) is 0 Å². The smallest absolute Gasteiger partial charge is 0.409 e. The fraction of sp³-hybridized carbons (Fsp3) is 0.583. The minimum absolute atomic E-state index is 0.0255. The molecular weight excluding hydrogens is 248 g/mol. The van der Waals surface area contributed by atoms with E-state index in [1.54, 1.807) is 17.8 Å². The molecule has 0 bridgehead atoms. The Hall–Kier alpha value is -2.05. The van der Waals surface area contributed by atoms with Crippen molar-refractivity contribution in [2.24, 2.45) is 0 Å². The lowest BCUT2D eigenvalue weighted by atomic mass is 10.3. The van der Waals surface area contributed by atoms with Crippen molar-refractivity contribution in [2.75, 3.05) is 20.2 Å². The van der Waals surface area contributed by atoms with Gasteiger partial charge in [0.1, 0.15) is 6.54 Å². The third-order valence-corrected chi connectivity index (χ3v) is 2.39. The van der Waals surface area contributed by atoms with Gasteiger partial charge in [0.25, 0.3) is 0 Å². The number of nitrogens with one attached hydrogen (secondary N) is 1. The molecule has 0 aliphatic rings. The number of ether oxygens (including phenoxy) is 1. The molecule has 1 heterocycles. The number of rotatable bonds is 6. The Labute approximate surface area is 112 Å². The van der Waals surface area contributed by atoms with Crippen LogP contribution in [-0.2, 0) is 16.1 Å². The van der Waals surface area contributed by atoms with Crippen LogP contribution in [0.1, 0.15) is 13.8 Å². The van der Waals surface area contributed by atoms with Crippen LogP contribution in [0.3, 0.4) is 0 Å². The largest absolute Gasteiger partial charge is 0.450 e. The number of carbonyl (C=O) groups excluding carboxylic acids is 2. The first-order chi connectivity index (χ1) is 9.02. The summed E-state index contributed by atoms with van der Waals surface area (Å²) in [5.41, 5.74) is 0. The standard InChI is InChI=1S/C12H20N4O3/c1-4-19-12(18)15(3)9-11(17)14-10(2)8-16-7-5-6-13-16/h5-7,10H,4,8-9H2,1-3H3,(H,14,17)/t10-/m0/s1. The van der Waals surface area contributed by atoms with Crippen LogP contribution in [0.25, 0.3) is 0 Å². The van der Waals surface area contributed by atoms with Crippen LogP contribution < -0.4 is 5.32 Å². The van der Waals surface area contributed by atoms with E-state index in [1.807, 2.05) is 19.2 Å². The molecule has 0 aromatic carbocycles.